The number of benzene rings is 1. The number of nitrogens with zero attached hydrogens (tertiary/aromatic N) is 4. The van der Waals surface area contributed by atoms with Gasteiger partial charge in [0, 0.05) is 19.6 Å². The lowest BCUT2D eigenvalue weighted by Gasteiger charge is -2.33. The molecule has 0 saturated carbocycles. The molecule has 146 valence electrons. The van der Waals surface area contributed by atoms with E-state index in [2.05, 4.69) is 37.5 Å². The summed E-state index contributed by atoms with van der Waals surface area (Å²) in [5, 5.41) is 7.97. The van der Waals surface area contributed by atoms with Gasteiger partial charge in [-0.15, -0.1) is 0 Å². The Morgan fingerprint density at radius 1 is 1.25 bits per heavy atom. The summed E-state index contributed by atoms with van der Waals surface area (Å²) in [7, 11) is 0. The van der Waals surface area contributed by atoms with Gasteiger partial charge in [-0.1, -0.05) is 35.5 Å². The van der Waals surface area contributed by atoms with Gasteiger partial charge < -0.3 is 14.7 Å². The minimum atomic E-state index is -0.0463. The molecule has 0 aliphatic carbocycles. The van der Waals surface area contributed by atoms with Crippen molar-refractivity contribution < 1.29 is 9.32 Å². The average molecular weight is 379 g/mol. The first-order valence-electron chi connectivity index (χ1n) is 9.79. The van der Waals surface area contributed by atoms with Gasteiger partial charge in [0.1, 0.15) is 17.0 Å². The number of anilines is 1. The maximum absolute atomic E-state index is 12.7. The van der Waals surface area contributed by atoms with Crippen LogP contribution in [0.3, 0.4) is 0 Å². The molecule has 28 heavy (non-hydrogen) atoms. The van der Waals surface area contributed by atoms with Crippen LogP contribution in [0.1, 0.15) is 29.9 Å². The van der Waals surface area contributed by atoms with Crippen molar-refractivity contribution in [2.24, 2.45) is 5.92 Å². The maximum Gasteiger partial charge on any atom is 0.263 e. The topological polar surface area (TPSA) is 84.2 Å². The predicted octanol–water partition coefficient (Wildman–Crippen LogP) is 2.81. The smallest absolute Gasteiger partial charge is 0.263 e. The summed E-state index contributed by atoms with van der Waals surface area (Å²) in [6.07, 6.45) is 2.68. The molecule has 0 radical (unpaired) electrons. The molecule has 1 aliphatic rings. The quantitative estimate of drug-likeness (QED) is 0.734. The average Bonchev–Trinajstić information content (AvgIpc) is 3.08. The second-order valence-corrected chi connectivity index (χ2v) is 7.35. The Morgan fingerprint density at radius 2 is 2.07 bits per heavy atom. The Hall–Kier alpha value is -2.96. The van der Waals surface area contributed by atoms with Gasteiger partial charge in [-0.25, -0.2) is 4.98 Å². The van der Waals surface area contributed by atoms with Crippen molar-refractivity contribution in [1.82, 2.24) is 20.4 Å². The van der Waals surface area contributed by atoms with Gasteiger partial charge in [0.2, 0.25) is 5.91 Å². The molecular weight excluding hydrogens is 354 g/mol. The molecule has 0 bridgehead atoms. The van der Waals surface area contributed by atoms with Crippen molar-refractivity contribution in [3.63, 3.8) is 0 Å². The van der Waals surface area contributed by atoms with Crippen molar-refractivity contribution in [2.45, 2.75) is 33.1 Å². The van der Waals surface area contributed by atoms with Gasteiger partial charge in [-0.3, -0.25) is 4.79 Å². The van der Waals surface area contributed by atoms with Crippen LogP contribution in [0.25, 0.3) is 11.1 Å². The summed E-state index contributed by atoms with van der Waals surface area (Å²) >= 11 is 0. The van der Waals surface area contributed by atoms with E-state index in [9.17, 15) is 4.79 Å². The van der Waals surface area contributed by atoms with E-state index in [4.69, 9.17) is 4.52 Å². The molecule has 1 saturated heterocycles. The van der Waals surface area contributed by atoms with E-state index in [-0.39, 0.29) is 11.8 Å². The van der Waals surface area contributed by atoms with Gasteiger partial charge in [0.25, 0.3) is 5.71 Å². The maximum atomic E-state index is 12.7. The monoisotopic (exact) mass is 379 g/mol. The number of hydrogen-bond acceptors (Lipinski definition) is 6. The first-order chi connectivity index (χ1) is 13.6. The third-order valence-corrected chi connectivity index (χ3v) is 5.25. The summed E-state index contributed by atoms with van der Waals surface area (Å²) in [4.78, 5) is 23.8. The summed E-state index contributed by atoms with van der Waals surface area (Å²) < 4.78 is 5.32. The molecule has 7 nitrogen and oxygen atoms in total. The molecule has 1 aliphatic heterocycles. The van der Waals surface area contributed by atoms with Crippen LogP contribution in [-0.2, 0) is 11.2 Å². The number of hydrogen-bond donors (Lipinski definition) is 1. The van der Waals surface area contributed by atoms with E-state index in [1.54, 1.807) is 0 Å². The van der Waals surface area contributed by atoms with E-state index in [1.165, 1.54) is 5.56 Å². The number of carbonyl (C=O) groups excluding carboxylic acids is 1. The van der Waals surface area contributed by atoms with Crippen LogP contribution < -0.4 is 10.2 Å². The minimum absolute atomic E-state index is 0.0463. The summed E-state index contributed by atoms with van der Waals surface area (Å²) in [5.74, 6) is 1.54. The van der Waals surface area contributed by atoms with Crippen molar-refractivity contribution in [3.8, 4) is 0 Å². The summed E-state index contributed by atoms with van der Waals surface area (Å²) in [6.45, 7) is 5.91. The zero-order chi connectivity index (χ0) is 19.5. The van der Waals surface area contributed by atoms with Crippen LogP contribution >= 0.6 is 0 Å². The van der Waals surface area contributed by atoms with Crippen LogP contribution in [0.2, 0.25) is 0 Å². The molecule has 1 amide bonds. The fraction of sp³-hybridized carbons (Fsp3) is 0.429. The number of aryl methyl sites for hydroxylation is 2. The largest absolute Gasteiger partial charge is 0.355 e. The highest BCUT2D eigenvalue weighted by molar-refractivity contribution is 5.88. The number of aromatic nitrogens is 3. The van der Waals surface area contributed by atoms with E-state index in [0.717, 1.165) is 42.7 Å². The van der Waals surface area contributed by atoms with Gasteiger partial charge in [0.05, 0.1) is 11.6 Å². The highest BCUT2D eigenvalue weighted by Crippen LogP contribution is 2.30. The predicted molar refractivity (Wildman–Crippen MR) is 107 cm³/mol. The number of rotatable bonds is 5. The molecule has 1 aromatic carbocycles. The molecule has 3 aromatic rings. The SMILES string of the molecule is Cc1nc(N2CCC[C@@H](C(=O)NCCc3ccccc3)C2)c2c(C)noc2n1. The zero-order valence-corrected chi connectivity index (χ0v) is 16.3. The molecule has 4 rings (SSSR count). The van der Waals surface area contributed by atoms with Crippen LogP contribution in [0.4, 0.5) is 5.82 Å². The standard InChI is InChI=1S/C21H25N5O2/c1-14-18-19(23-15(2)24-21(18)28-25-14)26-12-6-9-17(13-26)20(27)22-11-10-16-7-4-3-5-8-16/h3-5,7-8,17H,6,9-13H2,1-2H3,(H,22,27)/t17-/m1/s1. The number of carbonyl (C=O) groups is 1. The molecule has 0 unspecified atom stereocenters. The van der Waals surface area contributed by atoms with E-state index in [0.29, 0.717) is 24.6 Å². The number of fused-ring (bicyclic) bond motifs is 1. The summed E-state index contributed by atoms with van der Waals surface area (Å²) in [6, 6.07) is 10.2. The Labute approximate surface area is 164 Å². The first kappa shape index (κ1) is 18.4. The van der Waals surface area contributed by atoms with E-state index < -0.39 is 0 Å². The Kier molecular flexibility index (Phi) is 5.23. The lowest BCUT2D eigenvalue weighted by Crippen LogP contribution is -2.44. The third kappa shape index (κ3) is 3.83. The number of piperidine rings is 1. The first-order valence-corrected chi connectivity index (χ1v) is 9.79. The zero-order valence-electron chi connectivity index (χ0n) is 16.3. The fourth-order valence-corrected chi connectivity index (χ4v) is 3.80. The molecular formula is C21H25N5O2. The molecule has 1 N–H and O–H groups in total. The van der Waals surface area contributed by atoms with Crippen LogP contribution in [0, 0.1) is 19.8 Å². The molecule has 0 spiro atoms. The minimum Gasteiger partial charge on any atom is -0.355 e. The summed E-state index contributed by atoms with van der Waals surface area (Å²) in [5.41, 5.74) is 2.52. The van der Waals surface area contributed by atoms with Crippen molar-refractivity contribution in [3.05, 3.63) is 47.4 Å². The fourth-order valence-electron chi connectivity index (χ4n) is 3.80. The van der Waals surface area contributed by atoms with E-state index >= 15 is 0 Å². The Balaban J connectivity index is 1.43. The highest BCUT2D eigenvalue weighted by atomic mass is 16.5. The van der Waals surface area contributed by atoms with E-state index in [1.807, 2.05) is 32.0 Å². The lowest BCUT2D eigenvalue weighted by molar-refractivity contribution is -0.125. The van der Waals surface area contributed by atoms with Crippen molar-refractivity contribution in [1.29, 1.82) is 0 Å². The highest BCUT2D eigenvalue weighted by Gasteiger charge is 2.28. The van der Waals surface area contributed by atoms with Crippen LogP contribution in [0.15, 0.2) is 34.9 Å². The van der Waals surface area contributed by atoms with Gasteiger partial charge in [-0.05, 0) is 38.7 Å². The molecule has 2 aromatic heterocycles. The van der Waals surface area contributed by atoms with Gasteiger partial charge >= 0.3 is 0 Å². The normalized spacial score (nSPS) is 17.1. The molecule has 1 atom stereocenters. The molecule has 1 fully saturated rings. The molecule has 7 heteroatoms. The number of amides is 1. The van der Waals surface area contributed by atoms with Gasteiger partial charge in [0.15, 0.2) is 0 Å². The Morgan fingerprint density at radius 3 is 2.89 bits per heavy atom. The third-order valence-electron chi connectivity index (χ3n) is 5.25. The van der Waals surface area contributed by atoms with Crippen molar-refractivity contribution in [2.75, 3.05) is 24.5 Å². The van der Waals surface area contributed by atoms with Crippen LogP contribution in [0.5, 0.6) is 0 Å². The second kappa shape index (κ2) is 7.96. The van der Waals surface area contributed by atoms with Crippen molar-refractivity contribution >= 4 is 22.8 Å². The Bertz CT molecular complexity index is 970. The van der Waals surface area contributed by atoms with Crippen LogP contribution in [-0.4, -0.2) is 40.7 Å². The van der Waals surface area contributed by atoms with Gasteiger partial charge in [-0.2, -0.15) is 4.98 Å². The lowest BCUT2D eigenvalue weighted by atomic mass is 9.96. The molecule has 3 heterocycles. The number of nitrogens with one attached hydrogen (secondary N) is 1. The second-order valence-electron chi connectivity index (χ2n) is 7.35.